The fourth-order valence-electron chi connectivity index (χ4n) is 3.18. The van der Waals surface area contributed by atoms with Crippen molar-refractivity contribution in [3.8, 4) is 0 Å². The number of guanidine groups is 1. The monoisotopic (exact) mass is 389 g/mol. The smallest absolute Gasteiger partial charge is 0.194 e. The molecular formula is C15H24IN3O. The third-order valence-electron chi connectivity index (χ3n) is 4.45. The highest BCUT2D eigenvalue weighted by Crippen LogP contribution is 2.47. The molecule has 1 spiro atoms. The van der Waals surface area contributed by atoms with Crippen molar-refractivity contribution in [1.82, 2.24) is 10.2 Å². The van der Waals surface area contributed by atoms with E-state index in [1.807, 2.05) is 12.1 Å². The fourth-order valence-corrected chi connectivity index (χ4v) is 3.18. The summed E-state index contributed by atoms with van der Waals surface area (Å²) in [6.07, 6.45) is 7.26. The molecule has 2 fully saturated rings. The molecule has 2 aliphatic rings. The molecule has 2 heterocycles. The maximum Gasteiger partial charge on any atom is 0.194 e. The molecule has 1 aliphatic heterocycles. The first-order chi connectivity index (χ1) is 9.31. The Balaban J connectivity index is 0.00000147. The average Bonchev–Trinajstić information content (AvgIpc) is 3.02. The molecule has 0 aromatic carbocycles. The molecule has 1 saturated carbocycles. The second-order valence-electron chi connectivity index (χ2n) is 5.77. The van der Waals surface area contributed by atoms with Gasteiger partial charge in [0, 0.05) is 19.6 Å². The van der Waals surface area contributed by atoms with Crippen LogP contribution in [-0.2, 0) is 6.54 Å². The molecule has 20 heavy (non-hydrogen) atoms. The van der Waals surface area contributed by atoms with E-state index in [2.05, 4.69) is 17.1 Å². The van der Waals surface area contributed by atoms with E-state index < -0.39 is 0 Å². The van der Waals surface area contributed by atoms with Crippen LogP contribution in [-0.4, -0.2) is 30.5 Å². The number of nitrogens with zero attached hydrogens (tertiary/aromatic N) is 2. The largest absolute Gasteiger partial charge is 0.467 e. The van der Waals surface area contributed by atoms with Crippen LogP contribution in [0, 0.1) is 5.41 Å². The van der Waals surface area contributed by atoms with Gasteiger partial charge in [-0.3, -0.25) is 0 Å². The van der Waals surface area contributed by atoms with Crippen LogP contribution in [0.2, 0.25) is 0 Å². The van der Waals surface area contributed by atoms with Crippen LogP contribution in [0.5, 0.6) is 0 Å². The van der Waals surface area contributed by atoms with Gasteiger partial charge in [0.2, 0.25) is 0 Å². The number of furan rings is 1. The van der Waals surface area contributed by atoms with Crippen LogP contribution in [0.1, 0.15) is 38.4 Å². The highest BCUT2D eigenvalue weighted by Gasteiger charge is 2.43. The molecule has 4 nitrogen and oxygen atoms in total. The molecule has 0 unspecified atom stereocenters. The van der Waals surface area contributed by atoms with E-state index in [9.17, 15) is 0 Å². The molecule has 1 aromatic rings. The molecule has 1 N–H and O–H groups in total. The number of hydrogen-bond donors (Lipinski definition) is 1. The van der Waals surface area contributed by atoms with Crippen molar-refractivity contribution in [2.24, 2.45) is 10.4 Å². The van der Waals surface area contributed by atoms with Crippen LogP contribution in [0.3, 0.4) is 0 Å². The summed E-state index contributed by atoms with van der Waals surface area (Å²) in [7, 11) is 0. The molecule has 1 aliphatic carbocycles. The molecule has 0 radical (unpaired) electrons. The van der Waals surface area contributed by atoms with Gasteiger partial charge in [0.1, 0.15) is 12.3 Å². The minimum Gasteiger partial charge on any atom is -0.467 e. The van der Waals surface area contributed by atoms with E-state index in [-0.39, 0.29) is 24.0 Å². The third-order valence-corrected chi connectivity index (χ3v) is 4.45. The van der Waals surface area contributed by atoms with E-state index in [1.54, 1.807) is 6.26 Å². The van der Waals surface area contributed by atoms with E-state index in [0.29, 0.717) is 12.0 Å². The van der Waals surface area contributed by atoms with Crippen LogP contribution in [0.25, 0.3) is 0 Å². The number of halogens is 1. The van der Waals surface area contributed by atoms with Gasteiger partial charge in [-0.1, -0.05) is 6.42 Å². The van der Waals surface area contributed by atoms with Crippen molar-refractivity contribution in [2.45, 2.75) is 39.2 Å². The van der Waals surface area contributed by atoms with E-state index in [1.165, 1.54) is 32.2 Å². The first kappa shape index (κ1) is 15.7. The Kier molecular flexibility index (Phi) is 5.35. The summed E-state index contributed by atoms with van der Waals surface area (Å²) in [4.78, 5) is 7.12. The number of hydrogen-bond acceptors (Lipinski definition) is 2. The van der Waals surface area contributed by atoms with Crippen LogP contribution in [0.4, 0.5) is 0 Å². The van der Waals surface area contributed by atoms with Crippen molar-refractivity contribution in [3.05, 3.63) is 24.2 Å². The van der Waals surface area contributed by atoms with Crippen molar-refractivity contribution in [2.75, 3.05) is 19.6 Å². The summed E-state index contributed by atoms with van der Waals surface area (Å²) in [5, 5.41) is 3.41. The molecule has 112 valence electrons. The number of nitrogens with one attached hydrogen (secondary N) is 1. The molecule has 0 bridgehead atoms. The lowest BCUT2D eigenvalue weighted by atomic mass is 9.68. The highest BCUT2D eigenvalue weighted by molar-refractivity contribution is 14.0. The minimum absolute atomic E-state index is 0. The zero-order valence-corrected chi connectivity index (χ0v) is 14.4. The Morgan fingerprint density at radius 1 is 1.45 bits per heavy atom. The summed E-state index contributed by atoms with van der Waals surface area (Å²) in [6.45, 7) is 5.98. The molecule has 5 heteroatoms. The maximum absolute atomic E-state index is 5.34. The Morgan fingerprint density at radius 3 is 2.85 bits per heavy atom. The van der Waals surface area contributed by atoms with Crippen molar-refractivity contribution < 1.29 is 4.42 Å². The fraction of sp³-hybridized carbons (Fsp3) is 0.667. The summed E-state index contributed by atoms with van der Waals surface area (Å²) >= 11 is 0. The predicted molar refractivity (Wildman–Crippen MR) is 91.4 cm³/mol. The van der Waals surface area contributed by atoms with Gasteiger partial charge in [-0.25, -0.2) is 4.99 Å². The Morgan fingerprint density at radius 2 is 2.30 bits per heavy atom. The molecule has 1 saturated heterocycles. The normalized spacial score (nSPS) is 20.6. The first-order valence-electron chi connectivity index (χ1n) is 7.37. The van der Waals surface area contributed by atoms with Gasteiger partial charge in [0.05, 0.1) is 6.26 Å². The zero-order valence-electron chi connectivity index (χ0n) is 12.1. The topological polar surface area (TPSA) is 40.8 Å². The minimum atomic E-state index is 0. The maximum atomic E-state index is 5.34. The highest BCUT2D eigenvalue weighted by atomic mass is 127. The SMILES string of the molecule is CCNC(=NCc1ccco1)N1CCC2(CCC2)C1.I. The van der Waals surface area contributed by atoms with Crippen LogP contribution < -0.4 is 5.32 Å². The Hall–Kier alpha value is -0.720. The molecule has 0 amide bonds. The summed E-state index contributed by atoms with van der Waals surface area (Å²) in [5.41, 5.74) is 0.612. The van der Waals surface area contributed by atoms with Crippen molar-refractivity contribution >= 4 is 29.9 Å². The summed E-state index contributed by atoms with van der Waals surface area (Å²) < 4.78 is 5.34. The van der Waals surface area contributed by atoms with Gasteiger partial charge in [-0.05, 0) is 43.7 Å². The van der Waals surface area contributed by atoms with Gasteiger partial charge in [-0.15, -0.1) is 24.0 Å². The standard InChI is InChI=1S/C15H23N3O.HI/c1-2-16-14(17-11-13-5-3-10-19-13)18-9-8-15(12-18)6-4-7-15;/h3,5,10H,2,4,6-9,11-12H2,1H3,(H,16,17);1H. The van der Waals surface area contributed by atoms with Gasteiger partial charge < -0.3 is 14.6 Å². The first-order valence-corrected chi connectivity index (χ1v) is 7.37. The van der Waals surface area contributed by atoms with E-state index >= 15 is 0 Å². The lowest BCUT2D eigenvalue weighted by Crippen LogP contribution is -2.42. The third kappa shape index (κ3) is 3.30. The van der Waals surface area contributed by atoms with Gasteiger partial charge in [-0.2, -0.15) is 0 Å². The lowest BCUT2D eigenvalue weighted by molar-refractivity contribution is 0.151. The van der Waals surface area contributed by atoms with E-state index in [0.717, 1.165) is 24.8 Å². The Bertz CT molecular complexity index is 440. The summed E-state index contributed by atoms with van der Waals surface area (Å²) in [5.74, 6) is 1.97. The zero-order chi connectivity index (χ0) is 13.1. The van der Waals surface area contributed by atoms with Gasteiger partial charge in [0.15, 0.2) is 5.96 Å². The lowest BCUT2D eigenvalue weighted by Gasteiger charge is -2.38. The number of likely N-dealkylation sites (tertiary alicyclic amines) is 1. The Labute approximate surface area is 138 Å². The number of aliphatic imine (C=N–C) groups is 1. The summed E-state index contributed by atoms with van der Waals surface area (Å²) in [6, 6.07) is 3.89. The molecular weight excluding hydrogens is 365 g/mol. The quantitative estimate of drug-likeness (QED) is 0.490. The van der Waals surface area contributed by atoms with Gasteiger partial charge in [0.25, 0.3) is 0 Å². The molecule has 0 atom stereocenters. The van der Waals surface area contributed by atoms with Crippen molar-refractivity contribution in [1.29, 1.82) is 0 Å². The predicted octanol–water partition coefficient (Wildman–Crippen LogP) is 3.24. The molecule has 1 aromatic heterocycles. The van der Waals surface area contributed by atoms with Crippen molar-refractivity contribution in [3.63, 3.8) is 0 Å². The second kappa shape index (κ2) is 6.83. The van der Waals surface area contributed by atoms with E-state index in [4.69, 9.17) is 9.41 Å². The average molecular weight is 389 g/mol. The van der Waals surface area contributed by atoms with Crippen LogP contribution >= 0.6 is 24.0 Å². The van der Waals surface area contributed by atoms with Crippen LogP contribution in [0.15, 0.2) is 27.8 Å². The number of rotatable bonds is 3. The molecule has 3 rings (SSSR count). The second-order valence-corrected chi connectivity index (χ2v) is 5.77. The van der Waals surface area contributed by atoms with Gasteiger partial charge >= 0.3 is 0 Å².